The minimum Gasteiger partial charge on any atom is -0.493 e. The van der Waals surface area contributed by atoms with Crippen LogP contribution in [0, 0.1) is 0 Å². The zero-order chi connectivity index (χ0) is 17.6. The molecule has 0 radical (unpaired) electrons. The number of nitrogens with zero attached hydrogens (tertiary/aromatic N) is 1. The van der Waals surface area contributed by atoms with Gasteiger partial charge in [-0.3, -0.25) is 4.90 Å². The Morgan fingerprint density at radius 2 is 1.56 bits per heavy atom. The number of benzene rings is 2. The molecule has 1 aliphatic heterocycles. The molecule has 0 amide bonds. The quantitative estimate of drug-likeness (QED) is 0.875. The first-order chi connectivity index (χ1) is 12.3. The summed E-state index contributed by atoms with van der Waals surface area (Å²) in [5, 5.41) is 3.45. The van der Waals surface area contributed by atoms with Crippen molar-refractivity contribution in [1.29, 1.82) is 0 Å². The zero-order valence-electron chi connectivity index (χ0n) is 15.4. The lowest BCUT2D eigenvalue weighted by Gasteiger charge is -2.36. The van der Waals surface area contributed by atoms with Crippen molar-refractivity contribution in [1.82, 2.24) is 10.2 Å². The summed E-state index contributed by atoms with van der Waals surface area (Å²) in [7, 11) is 3.37. The van der Waals surface area contributed by atoms with Gasteiger partial charge in [-0.2, -0.15) is 0 Å². The van der Waals surface area contributed by atoms with Gasteiger partial charge in [-0.25, -0.2) is 0 Å². The molecule has 1 unspecified atom stereocenters. The van der Waals surface area contributed by atoms with Crippen molar-refractivity contribution in [2.24, 2.45) is 0 Å². The van der Waals surface area contributed by atoms with Crippen LogP contribution in [0.25, 0.3) is 0 Å². The Bertz CT molecular complexity index is 679. The van der Waals surface area contributed by atoms with Crippen LogP contribution < -0.4 is 14.8 Å². The molecular weight excluding hydrogens is 312 g/mol. The first kappa shape index (κ1) is 17.8. The van der Waals surface area contributed by atoms with Gasteiger partial charge in [-0.05, 0) is 35.2 Å². The second kappa shape index (κ2) is 8.37. The highest BCUT2D eigenvalue weighted by atomic mass is 16.5. The predicted molar refractivity (Wildman–Crippen MR) is 102 cm³/mol. The van der Waals surface area contributed by atoms with E-state index in [1.807, 2.05) is 6.07 Å². The maximum absolute atomic E-state index is 5.53. The van der Waals surface area contributed by atoms with E-state index in [1.54, 1.807) is 14.2 Å². The van der Waals surface area contributed by atoms with Gasteiger partial charge < -0.3 is 14.8 Å². The van der Waals surface area contributed by atoms with E-state index in [4.69, 9.17) is 9.47 Å². The minimum atomic E-state index is 0.229. The first-order valence-corrected chi connectivity index (χ1v) is 9.02. The van der Waals surface area contributed by atoms with Gasteiger partial charge in [0.2, 0.25) is 0 Å². The summed E-state index contributed by atoms with van der Waals surface area (Å²) < 4.78 is 10.9. The number of methoxy groups -OCH3 is 2. The molecule has 3 rings (SSSR count). The van der Waals surface area contributed by atoms with Crippen LogP contribution in [0.4, 0.5) is 0 Å². The molecule has 1 N–H and O–H groups in total. The van der Waals surface area contributed by atoms with Crippen LogP contribution in [0.3, 0.4) is 0 Å². The average molecular weight is 340 g/mol. The molecule has 4 nitrogen and oxygen atoms in total. The Morgan fingerprint density at radius 3 is 2.16 bits per heavy atom. The number of nitrogens with one attached hydrogen (secondary N) is 1. The van der Waals surface area contributed by atoms with E-state index in [0.29, 0.717) is 0 Å². The number of piperazine rings is 1. The maximum Gasteiger partial charge on any atom is 0.161 e. The molecule has 0 aliphatic carbocycles. The molecule has 0 aromatic heterocycles. The van der Waals surface area contributed by atoms with Gasteiger partial charge in [0.1, 0.15) is 0 Å². The van der Waals surface area contributed by atoms with Gasteiger partial charge in [0.05, 0.1) is 20.3 Å². The van der Waals surface area contributed by atoms with Gasteiger partial charge in [0, 0.05) is 26.2 Å². The van der Waals surface area contributed by atoms with Crippen molar-refractivity contribution >= 4 is 0 Å². The Kier molecular flexibility index (Phi) is 5.95. The van der Waals surface area contributed by atoms with E-state index < -0.39 is 0 Å². The molecule has 0 spiro atoms. The molecule has 2 aromatic carbocycles. The van der Waals surface area contributed by atoms with Crippen LogP contribution in [0.15, 0.2) is 42.5 Å². The third-order valence-corrected chi connectivity index (χ3v) is 4.94. The van der Waals surface area contributed by atoms with Crippen molar-refractivity contribution in [2.45, 2.75) is 19.4 Å². The van der Waals surface area contributed by atoms with E-state index in [9.17, 15) is 0 Å². The third kappa shape index (κ3) is 3.97. The average Bonchev–Trinajstić information content (AvgIpc) is 2.69. The molecule has 25 heavy (non-hydrogen) atoms. The second-order valence-electron chi connectivity index (χ2n) is 6.40. The SMILES string of the molecule is CCc1ccc(C(c2ccc(OC)c(OC)c2)N2CCNCC2)cc1. The Labute approximate surface area is 150 Å². The molecule has 1 fully saturated rings. The van der Waals surface area contributed by atoms with Crippen molar-refractivity contribution in [3.05, 3.63) is 59.2 Å². The molecule has 1 saturated heterocycles. The summed E-state index contributed by atoms with van der Waals surface area (Å²) in [6.07, 6.45) is 1.06. The van der Waals surface area contributed by atoms with E-state index in [1.165, 1.54) is 16.7 Å². The lowest BCUT2D eigenvalue weighted by molar-refractivity contribution is 0.198. The first-order valence-electron chi connectivity index (χ1n) is 9.02. The standard InChI is InChI=1S/C21H28N2O2/c1-4-16-5-7-17(8-6-16)21(23-13-11-22-12-14-23)18-9-10-19(24-2)20(15-18)25-3/h5-10,15,21-22H,4,11-14H2,1-3H3. The van der Waals surface area contributed by atoms with Gasteiger partial charge in [0.15, 0.2) is 11.5 Å². The number of hydrogen-bond donors (Lipinski definition) is 1. The fourth-order valence-electron chi connectivity index (χ4n) is 3.51. The Balaban J connectivity index is 2.00. The lowest BCUT2D eigenvalue weighted by Crippen LogP contribution is -2.45. The topological polar surface area (TPSA) is 33.7 Å². The van der Waals surface area contributed by atoms with E-state index in [-0.39, 0.29) is 6.04 Å². The Hall–Kier alpha value is -2.04. The monoisotopic (exact) mass is 340 g/mol. The molecule has 1 atom stereocenters. The largest absolute Gasteiger partial charge is 0.493 e. The highest BCUT2D eigenvalue weighted by molar-refractivity contribution is 5.46. The summed E-state index contributed by atoms with van der Waals surface area (Å²) in [5.74, 6) is 1.55. The van der Waals surface area contributed by atoms with Gasteiger partial charge in [0.25, 0.3) is 0 Å². The van der Waals surface area contributed by atoms with Crippen LogP contribution in [0.5, 0.6) is 11.5 Å². The van der Waals surface area contributed by atoms with Crippen molar-refractivity contribution < 1.29 is 9.47 Å². The highest BCUT2D eigenvalue weighted by Crippen LogP contribution is 2.35. The highest BCUT2D eigenvalue weighted by Gasteiger charge is 2.25. The van der Waals surface area contributed by atoms with E-state index in [2.05, 4.69) is 53.5 Å². The summed E-state index contributed by atoms with van der Waals surface area (Å²) in [6.45, 7) is 6.31. The molecule has 0 saturated carbocycles. The van der Waals surface area contributed by atoms with Crippen molar-refractivity contribution in [3.63, 3.8) is 0 Å². The molecule has 1 aliphatic rings. The fraction of sp³-hybridized carbons (Fsp3) is 0.429. The normalized spacial score (nSPS) is 16.4. The number of aryl methyl sites for hydroxylation is 1. The van der Waals surface area contributed by atoms with E-state index >= 15 is 0 Å². The van der Waals surface area contributed by atoms with Crippen molar-refractivity contribution in [3.8, 4) is 11.5 Å². The van der Waals surface area contributed by atoms with Crippen LogP contribution in [-0.2, 0) is 6.42 Å². The molecule has 2 aromatic rings. The van der Waals surface area contributed by atoms with Gasteiger partial charge in [-0.15, -0.1) is 0 Å². The van der Waals surface area contributed by atoms with Gasteiger partial charge >= 0.3 is 0 Å². The van der Waals surface area contributed by atoms with E-state index in [0.717, 1.165) is 44.1 Å². The van der Waals surface area contributed by atoms with Crippen molar-refractivity contribution in [2.75, 3.05) is 40.4 Å². The molecule has 0 bridgehead atoms. The fourth-order valence-corrected chi connectivity index (χ4v) is 3.51. The minimum absolute atomic E-state index is 0.229. The predicted octanol–water partition coefficient (Wildman–Crippen LogP) is 3.26. The lowest BCUT2D eigenvalue weighted by atomic mass is 9.95. The number of hydrogen-bond acceptors (Lipinski definition) is 4. The molecular formula is C21H28N2O2. The number of ether oxygens (including phenoxy) is 2. The second-order valence-corrected chi connectivity index (χ2v) is 6.40. The smallest absolute Gasteiger partial charge is 0.161 e. The number of rotatable bonds is 6. The van der Waals surface area contributed by atoms with Crippen LogP contribution in [0.1, 0.15) is 29.7 Å². The third-order valence-electron chi connectivity index (χ3n) is 4.94. The van der Waals surface area contributed by atoms with Crippen LogP contribution in [-0.4, -0.2) is 45.3 Å². The summed E-state index contributed by atoms with van der Waals surface area (Å²) in [5.41, 5.74) is 3.94. The Morgan fingerprint density at radius 1 is 0.920 bits per heavy atom. The summed E-state index contributed by atoms with van der Waals surface area (Å²) in [6, 6.07) is 15.5. The maximum atomic E-state index is 5.53. The molecule has 4 heteroatoms. The summed E-state index contributed by atoms with van der Waals surface area (Å²) in [4.78, 5) is 2.54. The van der Waals surface area contributed by atoms with Crippen LogP contribution in [0.2, 0.25) is 0 Å². The van der Waals surface area contributed by atoms with Crippen LogP contribution >= 0.6 is 0 Å². The molecule has 1 heterocycles. The zero-order valence-corrected chi connectivity index (χ0v) is 15.4. The molecule has 134 valence electrons. The van der Waals surface area contributed by atoms with Gasteiger partial charge in [-0.1, -0.05) is 37.3 Å². The summed E-state index contributed by atoms with van der Waals surface area (Å²) >= 11 is 0.